The first-order valence-electron chi connectivity index (χ1n) is 7.39. The molecule has 0 rings (SSSR count). The molecule has 0 amide bonds. The topological polar surface area (TPSA) is 0 Å². The Morgan fingerprint density at radius 1 is 0.833 bits per heavy atom. The van der Waals surface area contributed by atoms with Gasteiger partial charge in [-0.1, -0.05) is 78.6 Å². The zero-order valence-electron chi connectivity index (χ0n) is 13.7. The van der Waals surface area contributed by atoms with Gasteiger partial charge in [0, 0.05) is 32.7 Å². The van der Waals surface area contributed by atoms with Crippen LogP contribution in [0.2, 0.25) is 0 Å². The van der Waals surface area contributed by atoms with Gasteiger partial charge in [-0.25, -0.2) is 0 Å². The van der Waals surface area contributed by atoms with Crippen molar-refractivity contribution in [1.29, 1.82) is 0 Å². The Balaban J connectivity index is -0.00000112. The summed E-state index contributed by atoms with van der Waals surface area (Å²) < 4.78 is 0. The van der Waals surface area contributed by atoms with Crippen LogP contribution in [0, 0.1) is 32.1 Å². The summed E-state index contributed by atoms with van der Waals surface area (Å²) in [6, 6.07) is 0. The van der Waals surface area contributed by atoms with Crippen molar-refractivity contribution in [3.05, 3.63) is 14.4 Å². The van der Waals surface area contributed by atoms with Crippen molar-refractivity contribution in [2.75, 3.05) is 0 Å². The normalized spacial score (nSPS) is 15.2. The van der Waals surface area contributed by atoms with Crippen LogP contribution in [0.15, 0.2) is 0 Å². The molecule has 18 heavy (non-hydrogen) atoms. The van der Waals surface area contributed by atoms with Crippen LogP contribution >= 0.6 is 0 Å². The maximum atomic E-state index is 3.98. The number of unbranched alkanes of at least 4 members (excludes halogenated alkanes) is 2. The maximum Gasteiger partial charge on any atom is 0 e. The minimum atomic E-state index is 0. The fourth-order valence-electron chi connectivity index (χ4n) is 2.29. The summed E-state index contributed by atoms with van der Waals surface area (Å²) in [4.78, 5) is 0. The first-order chi connectivity index (χ1) is 7.60. The molecule has 109 valence electrons. The van der Waals surface area contributed by atoms with Crippen LogP contribution in [-0.4, -0.2) is 0 Å². The monoisotopic (exact) mass is 329 g/mol. The van der Waals surface area contributed by atoms with Crippen molar-refractivity contribution in [1.82, 2.24) is 0 Å². The Labute approximate surface area is 143 Å². The maximum absolute atomic E-state index is 3.98. The summed E-state index contributed by atoms with van der Waals surface area (Å²) in [6.07, 6.45) is 11.0. The molecule has 0 aliphatic rings. The molecule has 0 N–H and O–H groups in total. The molecule has 0 heterocycles. The Kier molecular flexibility index (Phi) is 21.7. The van der Waals surface area contributed by atoms with Gasteiger partial charge in [0.1, 0.15) is 0 Å². The molecular weight excluding hydrogens is 293 g/mol. The van der Waals surface area contributed by atoms with Gasteiger partial charge >= 0.3 is 0 Å². The summed E-state index contributed by atoms with van der Waals surface area (Å²) in [5, 5.41) is 0. The number of hydrogen-bond acceptors (Lipinski definition) is 0. The molecule has 0 spiro atoms. The third kappa shape index (κ3) is 15.2. The zero-order chi connectivity index (χ0) is 12.4. The Bertz CT molecular complexity index is 145. The van der Waals surface area contributed by atoms with Crippen molar-refractivity contribution in [2.24, 2.45) is 17.8 Å². The minimum Gasteiger partial charge on any atom is -0.358 e. The van der Waals surface area contributed by atoms with Gasteiger partial charge in [0.15, 0.2) is 0 Å². The molecule has 0 saturated carbocycles. The average molecular weight is 329 g/mol. The molecular formula is C17H36Y-2. The van der Waals surface area contributed by atoms with Gasteiger partial charge in [-0.3, -0.25) is 0 Å². The largest absolute Gasteiger partial charge is 0.358 e. The SMILES string of the molecule is [CH2-]CC(C)CC(C)CCCCCC(C)CC.[CH3-].[Y]. The van der Waals surface area contributed by atoms with E-state index in [2.05, 4.69) is 34.6 Å². The van der Waals surface area contributed by atoms with Gasteiger partial charge in [-0.2, -0.15) is 6.42 Å². The summed E-state index contributed by atoms with van der Waals surface area (Å²) in [7, 11) is 0. The Morgan fingerprint density at radius 3 is 1.78 bits per heavy atom. The van der Waals surface area contributed by atoms with Gasteiger partial charge < -0.3 is 14.4 Å². The number of rotatable bonds is 10. The van der Waals surface area contributed by atoms with E-state index >= 15 is 0 Å². The Hall–Kier alpha value is 1.10. The molecule has 3 atom stereocenters. The fourth-order valence-corrected chi connectivity index (χ4v) is 2.29. The first kappa shape index (κ1) is 24.1. The summed E-state index contributed by atoms with van der Waals surface area (Å²) in [5.41, 5.74) is 0. The van der Waals surface area contributed by atoms with Crippen LogP contribution in [-0.2, 0) is 32.7 Å². The quantitative estimate of drug-likeness (QED) is 0.325. The van der Waals surface area contributed by atoms with E-state index in [0.717, 1.165) is 24.2 Å². The van der Waals surface area contributed by atoms with Crippen LogP contribution in [0.3, 0.4) is 0 Å². The molecule has 0 fully saturated rings. The molecule has 0 aromatic carbocycles. The van der Waals surface area contributed by atoms with E-state index in [1.165, 1.54) is 44.9 Å². The Morgan fingerprint density at radius 2 is 1.33 bits per heavy atom. The van der Waals surface area contributed by atoms with E-state index < -0.39 is 0 Å². The van der Waals surface area contributed by atoms with Crippen molar-refractivity contribution >= 4 is 0 Å². The third-order valence-electron chi connectivity index (χ3n) is 3.89. The van der Waals surface area contributed by atoms with Gasteiger partial charge in [-0.05, 0) is 11.8 Å². The summed E-state index contributed by atoms with van der Waals surface area (Å²) >= 11 is 0. The van der Waals surface area contributed by atoms with Crippen molar-refractivity contribution in [3.63, 3.8) is 0 Å². The van der Waals surface area contributed by atoms with E-state index in [9.17, 15) is 0 Å². The minimum absolute atomic E-state index is 0. The second kappa shape index (κ2) is 16.2. The molecule has 0 aliphatic carbocycles. The molecule has 0 aromatic rings. The molecule has 0 aliphatic heterocycles. The molecule has 0 saturated heterocycles. The average Bonchev–Trinajstić information content (AvgIpc) is 2.27. The molecule has 0 aromatic heterocycles. The van der Waals surface area contributed by atoms with Crippen LogP contribution in [0.1, 0.15) is 79.1 Å². The molecule has 0 bridgehead atoms. The van der Waals surface area contributed by atoms with E-state index in [4.69, 9.17) is 0 Å². The van der Waals surface area contributed by atoms with E-state index in [-0.39, 0.29) is 40.1 Å². The van der Waals surface area contributed by atoms with E-state index in [1.54, 1.807) is 0 Å². The summed E-state index contributed by atoms with van der Waals surface area (Å²) in [5.74, 6) is 2.65. The van der Waals surface area contributed by atoms with E-state index in [1.807, 2.05) is 0 Å². The van der Waals surface area contributed by atoms with Crippen LogP contribution < -0.4 is 0 Å². The third-order valence-corrected chi connectivity index (χ3v) is 3.89. The second-order valence-corrected chi connectivity index (χ2v) is 5.89. The van der Waals surface area contributed by atoms with Gasteiger partial charge in [0.05, 0.1) is 0 Å². The van der Waals surface area contributed by atoms with Crippen molar-refractivity contribution in [3.8, 4) is 0 Å². The van der Waals surface area contributed by atoms with Crippen molar-refractivity contribution in [2.45, 2.75) is 79.1 Å². The predicted octanol–water partition coefficient (Wildman–Crippen LogP) is 6.32. The molecule has 0 nitrogen and oxygen atoms in total. The first-order valence-corrected chi connectivity index (χ1v) is 7.39. The standard InChI is InChI=1S/C16H33.CH3.Y/c1-6-14(3)11-9-8-10-12-16(5)13-15(4)7-2;;/h14-16H,2,6-13H2,1,3-5H3;1H3;/q2*-1;. The second-order valence-electron chi connectivity index (χ2n) is 5.89. The van der Waals surface area contributed by atoms with Crippen LogP contribution in [0.4, 0.5) is 0 Å². The summed E-state index contributed by atoms with van der Waals surface area (Å²) in [6.45, 7) is 13.4. The van der Waals surface area contributed by atoms with Crippen molar-refractivity contribution < 1.29 is 32.7 Å². The number of hydrogen-bond donors (Lipinski definition) is 0. The van der Waals surface area contributed by atoms with Crippen LogP contribution in [0.25, 0.3) is 0 Å². The zero-order valence-corrected chi connectivity index (χ0v) is 16.5. The molecule has 1 heteroatoms. The van der Waals surface area contributed by atoms with Gasteiger partial charge in [0.2, 0.25) is 0 Å². The van der Waals surface area contributed by atoms with Gasteiger partial charge in [-0.15, -0.1) is 0 Å². The fraction of sp³-hybridized carbons (Fsp3) is 0.882. The molecule has 3 unspecified atom stereocenters. The molecule has 1 radical (unpaired) electrons. The van der Waals surface area contributed by atoms with Crippen LogP contribution in [0.5, 0.6) is 0 Å². The smallest absolute Gasteiger partial charge is 0 e. The predicted molar refractivity (Wildman–Crippen MR) is 81.9 cm³/mol. The van der Waals surface area contributed by atoms with Gasteiger partial charge in [0.25, 0.3) is 0 Å². The van der Waals surface area contributed by atoms with E-state index in [0.29, 0.717) is 0 Å².